The second kappa shape index (κ2) is 9.25. The average molecular weight is 489 g/mol. The molecular formula is C29H48N2O4. The van der Waals surface area contributed by atoms with Crippen LogP contribution in [0.1, 0.15) is 78.6 Å². The zero-order valence-electron chi connectivity index (χ0n) is 22.3. The first-order valence-corrected chi connectivity index (χ1v) is 14.7. The minimum Gasteiger partial charge on any atom is -0.460 e. The lowest BCUT2D eigenvalue weighted by atomic mass is 9.44. The molecule has 6 nitrogen and oxygen atoms in total. The van der Waals surface area contributed by atoms with Crippen molar-refractivity contribution in [3.8, 4) is 0 Å². The first-order valence-electron chi connectivity index (χ1n) is 14.7. The van der Waals surface area contributed by atoms with Crippen LogP contribution in [-0.2, 0) is 14.3 Å². The second-order valence-corrected chi connectivity index (χ2v) is 13.5. The van der Waals surface area contributed by atoms with Crippen LogP contribution in [0.25, 0.3) is 0 Å². The number of fused-ring (bicyclic) bond motifs is 5. The monoisotopic (exact) mass is 488 g/mol. The average Bonchev–Trinajstić information content (AvgIpc) is 3.46. The molecule has 198 valence electrons. The molecule has 0 radical (unpaired) electrons. The Kier molecular flexibility index (Phi) is 6.51. The SMILES string of the molecule is CC(=O)OC1C(N2CCCC2)C[C@H]2[C@@H]3CCC4CC(O)C(N5CCOCC5)C[C@]4(C)[C@H]3CC[C@]12C. The van der Waals surface area contributed by atoms with Gasteiger partial charge in [-0.15, -0.1) is 0 Å². The van der Waals surface area contributed by atoms with Crippen molar-refractivity contribution in [3.63, 3.8) is 0 Å². The summed E-state index contributed by atoms with van der Waals surface area (Å²) < 4.78 is 11.8. The molecule has 1 N–H and O–H groups in total. The Morgan fingerprint density at radius 1 is 0.914 bits per heavy atom. The van der Waals surface area contributed by atoms with Gasteiger partial charge in [-0.2, -0.15) is 0 Å². The quantitative estimate of drug-likeness (QED) is 0.611. The lowest BCUT2D eigenvalue weighted by molar-refractivity contribution is -0.172. The van der Waals surface area contributed by atoms with Gasteiger partial charge in [-0.3, -0.25) is 14.6 Å². The van der Waals surface area contributed by atoms with Crippen LogP contribution in [0, 0.1) is 34.5 Å². The summed E-state index contributed by atoms with van der Waals surface area (Å²) in [5, 5.41) is 11.2. The lowest BCUT2D eigenvalue weighted by Gasteiger charge is -2.62. The van der Waals surface area contributed by atoms with E-state index in [1.807, 2.05) is 0 Å². The standard InChI is InChI=1S/C29H48N2O4/c1-19(32)35-27-24(30-10-4-5-11-30)17-23-21-7-6-20-16-26(33)25(31-12-14-34-15-13-31)18-29(20,3)22(21)8-9-28(23,27)2/h20-27,33H,4-18H2,1-3H3/t20?,21-,22+,23+,24?,25?,26?,27?,28+,29+/m1/s1. The first kappa shape index (κ1) is 24.6. The Morgan fingerprint density at radius 2 is 1.63 bits per heavy atom. The van der Waals surface area contributed by atoms with Gasteiger partial charge in [-0.05, 0) is 100.0 Å². The van der Waals surface area contributed by atoms with Gasteiger partial charge in [0.05, 0.1) is 19.3 Å². The number of rotatable bonds is 3. The molecule has 0 aromatic heterocycles. The predicted octanol–water partition coefficient (Wildman–Crippen LogP) is 3.71. The van der Waals surface area contributed by atoms with Crippen LogP contribution in [0.2, 0.25) is 0 Å². The van der Waals surface area contributed by atoms with Gasteiger partial charge in [0.15, 0.2) is 0 Å². The van der Waals surface area contributed by atoms with Gasteiger partial charge < -0.3 is 14.6 Å². The van der Waals surface area contributed by atoms with E-state index in [1.54, 1.807) is 6.92 Å². The number of esters is 1. The van der Waals surface area contributed by atoms with E-state index in [0.29, 0.717) is 23.3 Å². The molecule has 35 heavy (non-hydrogen) atoms. The van der Waals surface area contributed by atoms with Crippen molar-refractivity contribution >= 4 is 5.97 Å². The highest BCUT2D eigenvalue weighted by atomic mass is 16.5. The summed E-state index contributed by atoms with van der Waals surface area (Å²) in [6, 6.07) is 0.678. The first-order chi connectivity index (χ1) is 16.8. The molecule has 10 atom stereocenters. The lowest BCUT2D eigenvalue weighted by Crippen LogP contribution is -2.61. The summed E-state index contributed by atoms with van der Waals surface area (Å²) in [7, 11) is 0. The van der Waals surface area contributed by atoms with E-state index < -0.39 is 0 Å². The molecule has 5 unspecified atom stereocenters. The third kappa shape index (κ3) is 4.00. The Morgan fingerprint density at radius 3 is 2.34 bits per heavy atom. The Bertz CT molecular complexity index is 796. The molecule has 6 heteroatoms. The van der Waals surface area contributed by atoms with E-state index in [0.717, 1.165) is 64.1 Å². The molecule has 2 aliphatic heterocycles. The van der Waals surface area contributed by atoms with Crippen LogP contribution in [0.3, 0.4) is 0 Å². The third-order valence-corrected chi connectivity index (χ3v) is 12.0. The van der Waals surface area contributed by atoms with Crippen LogP contribution >= 0.6 is 0 Å². The highest BCUT2D eigenvalue weighted by molar-refractivity contribution is 5.66. The number of carbonyl (C=O) groups excluding carboxylic acids is 1. The zero-order chi connectivity index (χ0) is 24.4. The molecule has 4 aliphatic carbocycles. The number of carbonyl (C=O) groups is 1. The molecule has 6 aliphatic rings. The molecule has 2 heterocycles. The van der Waals surface area contributed by atoms with Gasteiger partial charge in [-0.1, -0.05) is 13.8 Å². The minimum absolute atomic E-state index is 0.0452. The largest absolute Gasteiger partial charge is 0.460 e. The van der Waals surface area contributed by atoms with E-state index in [2.05, 4.69) is 23.6 Å². The van der Waals surface area contributed by atoms with Crippen molar-refractivity contribution in [1.29, 1.82) is 0 Å². The maximum atomic E-state index is 12.2. The fourth-order valence-corrected chi connectivity index (χ4v) is 10.3. The van der Waals surface area contributed by atoms with Crippen LogP contribution in [0.4, 0.5) is 0 Å². The minimum atomic E-state index is -0.198. The van der Waals surface area contributed by atoms with Crippen molar-refractivity contribution in [2.75, 3.05) is 39.4 Å². The van der Waals surface area contributed by atoms with Gasteiger partial charge >= 0.3 is 5.97 Å². The van der Waals surface area contributed by atoms with E-state index in [4.69, 9.17) is 9.47 Å². The molecule has 2 saturated heterocycles. The van der Waals surface area contributed by atoms with Gasteiger partial charge in [0.2, 0.25) is 0 Å². The fourth-order valence-electron chi connectivity index (χ4n) is 10.3. The molecule has 6 fully saturated rings. The third-order valence-electron chi connectivity index (χ3n) is 12.0. The predicted molar refractivity (Wildman–Crippen MR) is 135 cm³/mol. The number of aliphatic hydroxyl groups is 1. The fraction of sp³-hybridized carbons (Fsp3) is 0.966. The molecule has 4 saturated carbocycles. The number of hydrogen-bond acceptors (Lipinski definition) is 6. The van der Waals surface area contributed by atoms with E-state index >= 15 is 0 Å². The summed E-state index contributed by atoms with van der Waals surface area (Å²) in [5.41, 5.74) is 0.399. The number of hydrogen-bond donors (Lipinski definition) is 1. The molecule has 0 spiro atoms. The highest BCUT2D eigenvalue weighted by Crippen LogP contribution is 2.67. The molecular weight excluding hydrogens is 440 g/mol. The number of nitrogens with zero attached hydrogens (tertiary/aromatic N) is 2. The molecule has 0 bridgehead atoms. The van der Waals surface area contributed by atoms with Crippen LogP contribution in [-0.4, -0.2) is 84.6 Å². The molecule has 0 aromatic carbocycles. The number of likely N-dealkylation sites (tertiary alicyclic amines) is 1. The topological polar surface area (TPSA) is 62.2 Å². The smallest absolute Gasteiger partial charge is 0.302 e. The summed E-state index contributed by atoms with van der Waals surface area (Å²) in [6.07, 6.45) is 10.7. The Hall–Kier alpha value is -0.690. The summed E-state index contributed by atoms with van der Waals surface area (Å²) in [4.78, 5) is 17.4. The highest BCUT2D eigenvalue weighted by Gasteiger charge is 2.65. The number of ether oxygens (including phenoxy) is 2. The Labute approximate surface area is 212 Å². The van der Waals surface area contributed by atoms with Gasteiger partial charge in [0.1, 0.15) is 6.10 Å². The molecule has 6 rings (SSSR count). The molecule has 0 aromatic rings. The van der Waals surface area contributed by atoms with Crippen LogP contribution < -0.4 is 0 Å². The summed E-state index contributed by atoms with van der Waals surface area (Å²) in [6.45, 7) is 12.5. The van der Waals surface area contributed by atoms with Gasteiger partial charge in [-0.25, -0.2) is 0 Å². The van der Waals surface area contributed by atoms with Crippen molar-refractivity contribution < 1.29 is 19.4 Å². The maximum absolute atomic E-state index is 12.2. The Balaban J connectivity index is 1.27. The number of morpholine rings is 1. The number of aliphatic hydroxyl groups excluding tert-OH is 1. The van der Waals surface area contributed by atoms with Crippen LogP contribution in [0.5, 0.6) is 0 Å². The summed E-state index contributed by atoms with van der Waals surface area (Å²) >= 11 is 0. The molecule has 0 amide bonds. The van der Waals surface area contributed by atoms with Crippen molar-refractivity contribution in [2.24, 2.45) is 34.5 Å². The van der Waals surface area contributed by atoms with E-state index in [-0.39, 0.29) is 29.6 Å². The van der Waals surface area contributed by atoms with Crippen molar-refractivity contribution in [3.05, 3.63) is 0 Å². The van der Waals surface area contributed by atoms with Crippen LogP contribution in [0.15, 0.2) is 0 Å². The van der Waals surface area contributed by atoms with E-state index in [1.165, 1.54) is 44.9 Å². The normalized spacial score (nSPS) is 50.9. The van der Waals surface area contributed by atoms with Crippen molar-refractivity contribution in [1.82, 2.24) is 9.80 Å². The van der Waals surface area contributed by atoms with E-state index in [9.17, 15) is 9.90 Å². The van der Waals surface area contributed by atoms with Gasteiger partial charge in [0.25, 0.3) is 0 Å². The summed E-state index contributed by atoms with van der Waals surface area (Å²) in [5.74, 6) is 2.63. The zero-order valence-corrected chi connectivity index (χ0v) is 22.3. The van der Waals surface area contributed by atoms with Crippen molar-refractivity contribution in [2.45, 2.75) is 103 Å². The maximum Gasteiger partial charge on any atom is 0.302 e. The second-order valence-electron chi connectivity index (χ2n) is 13.5. The van der Waals surface area contributed by atoms with Gasteiger partial charge in [0, 0.05) is 37.5 Å².